The van der Waals surface area contributed by atoms with Crippen LogP contribution in [-0.2, 0) is 4.79 Å². The Bertz CT molecular complexity index is 358. The zero-order valence-corrected chi connectivity index (χ0v) is 12.4. The van der Waals surface area contributed by atoms with Gasteiger partial charge in [0, 0.05) is 31.4 Å². The Labute approximate surface area is 118 Å². The third-order valence-electron chi connectivity index (χ3n) is 4.23. The Kier molecular flexibility index (Phi) is 4.60. The highest BCUT2D eigenvalue weighted by molar-refractivity contribution is 7.99. The van der Waals surface area contributed by atoms with E-state index in [-0.39, 0.29) is 18.0 Å². The standard InChI is InChI=1S/C13H22N2O3S/c1-9-7-10(12(16)17)3-5-15(9)13(18)14(2)11-4-6-19-8-11/h9-11H,3-8H2,1-2H3,(H,16,17). The molecule has 2 heterocycles. The number of carboxylic acids is 1. The summed E-state index contributed by atoms with van der Waals surface area (Å²) in [4.78, 5) is 27.2. The van der Waals surface area contributed by atoms with Gasteiger partial charge in [0.05, 0.1) is 5.92 Å². The van der Waals surface area contributed by atoms with Gasteiger partial charge in [0.2, 0.25) is 0 Å². The molecule has 3 atom stereocenters. The zero-order chi connectivity index (χ0) is 14.0. The molecule has 2 saturated heterocycles. The number of hydrogen-bond donors (Lipinski definition) is 1. The SMILES string of the molecule is CC1CC(C(=O)O)CCN1C(=O)N(C)C1CCSC1. The van der Waals surface area contributed by atoms with E-state index >= 15 is 0 Å². The zero-order valence-electron chi connectivity index (χ0n) is 11.5. The molecular weight excluding hydrogens is 264 g/mol. The first-order valence-electron chi connectivity index (χ1n) is 6.84. The topological polar surface area (TPSA) is 60.9 Å². The lowest BCUT2D eigenvalue weighted by molar-refractivity contribution is -0.143. The summed E-state index contributed by atoms with van der Waals surface area (Å²) in [5, 5.41) is 9.05. The number of hydrogen-bond acceptors (Lipinski definition) is 3. The fraction of sp³-hybridized carbons (Fsp3) is 0.846. The van der Waals surface area contributed by atoms with Crippen LogP contribution in [0.15, 0.2) is 0 Å². The molecule has 2 aliphatic rings. The van der Waals surface area contributed by atoms with Crippen molar-refractivity contribution >= 4 is 23.8 Å². The summed E-state index contributed by atoms with van der Waals surface area (Å²) in [7, 11) is 1.87. The summed E-state index contributed by atoms with van der Waals surface area (Å²) in [5.74, 6) is 1.10. The highest BCUT2D eigenvalue weighted by Crippen LogP contribution is 2.26. The molecule has 3 unspecified atom stereocenters. The Morgan fingerprint density at radius 2 is 2.11 bits per heavy atom. The number of carbonyl (C=O) groups excluding carboxylic acids is 1. The number of carbonyl (C=O) groups is 2. The molecule has 2 fully saturated rings. The number of rotatable bonds is 2. The molecule has 2 aliphatic heterocycles. The summed E-state index contributed by atoms with van der Waals surface area (Å²) in [6, 6.07) is 0.407. The molecule has 0 bridgehead atoms. The summed E-state index contributed by atoms with van der Waals surface area (Å²) in [5.41, 5.74) is 0. The molecule has 0 aromatic rings. The Morgan fingerprint density at radius 3 is 2.63 bits per heavy atom. The van der Waals surface area contributed by atoms with Gasteiger partial charge in [0.25, 0.3) is 0 Å². The van der Waals surface area contributed by atoms with Gasteiger partial charge in [-0.3, -0.25) is 4.79 Å². The molecule has 2 rings (SSSR count). The number of likely N-dealkylation sites (tertiary alicyclic amines) is 1. The van der Waals surface area contributed by atoms with Gasteiger partial charge in [0.1, 0.15) is 0 Å². The van der Waals surface area contributed by atoms with E-state index in [1.807, 2.05) is 35.5 Å². The number of piperidine rings is 1. The molecule has 0 spiro atoms. The van der Waals surface area contributed by atoms with Crippen molar-refractivity contribution in [2.24, 2.45) is 5.92 Å². The second kappa shape index (κ2) is 6.03. The van der Waals surface area contributed by atoms with Gasteiger partial charge in [-0.15, -0.1) is 0 Å². The summed E-state index contributed by atoms with van der Waals surface area (Å²) in [6.45, 7) is 2.51. The van der Waals surface area contributed by atoms with Crippen molar-refractivity contribution < 1.29 is 14.7 Å². The largest absolute Gasteiger partial charge is 0.481 e. The molecule has 0 aliphatic carbocycles. The highest BCUT2D eigenvalue weighted by atomic mass is 32.2. The van der Waals surface area contributed by atoms with Crippen LogP contribution in [0, 0.1) is 5.92 Å². The first-order valence-corrected chi connectivity index (χ1v) is 8.00. The van der Waals surface area contributed by atoms with Crippen molar-refractivity contribution in [3.63, 3.8) is 0 Å². The number of urea groups is 1. The Hall–Kier alpha value is -0.910. The van der Waals surface area contributed by atoms with Crippen LogP contribution < -0.4 is 0 Å². The van der Waals surface area contributed by atoms with Crippen molar-refractivity contribution in [2.45, 2.75) is 38.3 Å². The van der Waals surface area contributed by atoms with Crippen molar-refractivity contribution in [3.05, 3.63) is 0 Å². The van der Waals surface area contributed by atoms with Crippen molar-refractivity contribution in [1.82, 2.24) is 9.80 Å². The number of carboxylic acid groups (broad SMARTS) is 1. The minimum atomic E-state index is -0.737. The van der Waals surface area contributed by atoms with Gasteiger partial charge in [-0.1, -0.05) is 0 Å². The van der Waals surface area contributed by atoms with Crippen molar-refractivity contribution in [1.29, 1.82) is 0 Å². The normalized spacial score (nSPS) is 31.3. The van der Waals surface area contributed by atoms with E-state index in [0.29, 0.717) is 25.4 Å². The Morgan fingerprint density at radius 1 is 1.37 bits per heavy atom. The van der Waals surface area contributed by atoms with Crippen LogP contribution in [0.1, 0.15) is 26.2 Å². The molecule has 6 heteroatoms. The average molecular weight is 286 g/mol. The summed E-state index contributed by atoms with van der Waals surface area (Å²) >= 11 is 1.89. The molecule has 1 N–H and O–H groups in total. The third kappa shape index (κ3) is 3.16. The van der Waals surface area contributed by atoms with Crippen LogP contribution in [0.25, 0.3) is 0 Å². The molecule has 5 nitrogen and oxygen atoms in total. The quantitative estimate of drug-likeness (QED) is 0.840. The number of aliphatic carboxylic acids is 1. The fourth-order valence-corrected chi connectivity index (χ4v) is 4.13. The van der Waals surface area contributed by atoms with Gasteiger partial charge < -0.3 is 14.9 Å². The molecule has 108 valence electrons. The second-order valence-corrected chi connectivity index (χ2v) is 6.66. The number of nitrogens with zero attached hydrogens (tertiary/aromatic N) is 2. The van der Waals surface area contributed by atoms with E-state index in [1.165, 1.54) is 0 Å². The first kappa shape index (κ1) is 14.5. The molecule has 19 heavy (non-hydrogen) atoms. The predicted molar refractivity (Wildman–Crippen MR) is 75.4 cm³/mol. The van der Waals surface area contributed by atoms with Crippen LogP contribution in [-0.4, -0.2) is 64.1 Å². The van der Waals surface area contributed by atoms with Crippen LogP contribution in [0.5, 0.6) is 0 Å². The van der Waals surface area contributed by atoms with E-state index in [0.717, 1.165) is 17.9 Å². The van der Waals surface area contributed by atoms with E-state index < -0.39 is 5.97 Å². The van der Waals surface area contributed by atoms with E-state index in [2.05, 4.69) is 0 Å². The van der Waals surface area contributed by atoms with Gasteiger partial charge in [-0.25, -0.2) is 4.79 Å². The maximum absolute atomic E-state index is 12.5. The fourth-order valence-electron chi connectivity index (χ4n) is 2.87. The minimum Gasteiger partial charge on any atom is -0.481 e. The monoisotopic (exact) mass is 286 g/mol. The molecule has 0 aromatic carbocycles. The lowest BCUT2D eigenvalue weighted by Crippen LogP contribution is -2.52. The van der Waals surface area contributed by atoms with Gasteiger partial charge in [-0.2, -0.15) is 11.8 Å². The second-order valence-electron chi connectivity index (χ2n) is 5.51. The van der Waals surface area contributed by atoms with Gasteiger partial charge >= 0.3 is 12.0 Å². The molecular formula is C13H22N2O3S. The maximum Gasteiger partial charge on any atom is 0.320 e. The molecule has 0 aromatic heterocycles. The summed E-state index contributed by atoms with van der Waals surface area (Å²) < 4.78 is 0. The molecule has 2 amide bonds. The van der Waals surface area contributed by atoms with E-state index in [1.54, 1.807) is 0 Å². The third-order valence-corrected chi connectivity index (χ3v) is 5.37. The first-order chi connectivity index (χ1) is 9.00. The summed E-state index contributed by atoms with van der Waals surface area (Å²) in [6.07, 6.45) is 2.19. The minimum absolute atomic E-state index is 0.0128. The molecule has 0 saturated carbocycles. The van der Waals surface area contributed by atoms with Crippen LogP contribution in [0.2, 0.25) is 0 Å². The maximum atomic E-state index is 12.5. The predicted octanol–water partition coefficient (Wildman–Crippen LogP) is 1.73. The molecule has 0 radical (unpaired) electrons. The lowest BCUT2D eigenvalue weighted by atomic mass is 9.92. The Balaban J connectivity index is 1.94. The smallest absolute Gasteiger partial charge is 0.320 e. The van der Waals surface area contributed by atoms with Crippen molar-refractivity contribution in [2.75, 3.05) is 25.1 Å². The van der Waals surface area contributed by atoms with Crippen LogP contribution in [0.3, 0.4) is 0 Å². The van der Waals surface area contributed by atoms with Gasteiger partial charge in [0.15, 0.2) is 0 Å². The van der Waals surface area contributed by atoms with E-state index in [9.17, 15) is 9.59 Å². The van der Waals surface area contributed by atoms with Crippen LogP contribution in [0.4, 0.5) is 4.79 Å². The lowest BCUT2D eigenvalue weighted by Gasteiger charge is -2.39. The average Bonchev–Trinajstić information content (AvgIpc) is 2.90. The number of amides is 2. The van der Waals surface area contributed by atoms with Crippen molar-refractivity contribution in [3.8, 4) is 0 Å². The van der Waals surface area contributed by atoms with Crippen LogP contribution >= 0.6 is 11.8 Å². The number of thioether (sulfide) groups is 1. The van der Waals surface area contributed by atoms with E-state index in [4.69, 9.17) is 5.11 Å². The highest BCUT2D eigenvalue weighted by Gasteiger charge is 2.35. The van der Waals surface area contributed by atoms with Gasteiger partial charge in [-0.05, 0) is 31.9 Å².